The molecule has 1 aliphatic heterocycles. The molecule has 0 aromatic heterocycles. The van der Waals surface area contributed by atoms with E-state index in [1.54, 1.807) is 0 Å². The Morgan fingerprint density at radius 3 is 3.00 bits per heavy atom. The molecule has 0 bridgehead atoms. The summed E-state index contributed by atoms with van der Waals surface area (Å²) < 4.78 is 0. The minimum atomic E-state index is 0.231. The Hall–Kier alpha value is -1.35. The van der Waals surface area contributed by atoms with E-state index in [2.05, 4.69) is 23.2 Å². The van der Waals surface area contributed by atoms with E-state index < -0.39 is 0 Å². The van der Waals surface area contributed by atoms with Crippen LogP contribution in [0, 0.1) is 5.92 Å². The molecule has 2 unspecified atom stereocenters. The second kappa shape index (κ2) is 6.61. The highest BCUT2D eigenvalue weighted by Crippen LogP contribution is 2.29. The molecular weight excluding hydrogens is 260 g/mol. The van der Waals surface area contributed by atoms with Gasteiger partial charge in [0.15, 0.2) is 0 Å². The lowest BCUT2D eigenvalue weighted by molar-refractivity contribution is 0.0727. The van der Waals surface area contributed by atoms with Crippen molar-refractivity contribution >= 4 is 5.91 Å². The minimum Gasteiger partial charge on any atom is -0.338 e. The summed E-state index contributed by atoms with van der Waals surface area (Å²) in [5.41, 5.74) is 2.13. The van der Waals surface area contributed by atoms with Crippen molar-refractivity contribution in [1.82, 2.24) is 10.2 Å². The smallest absolute Gasteiger partial charge is 0.254 e. The fraction of sp³-hybridized carbons (Fsp3) is 0.611. The number of rotatable bonds is 5. The Kier molecular flexibility index (Phi) is 4.59. The lowest BCUT2D eigenvalue weighted by Gasteiger charge is -2.30. The highest BCUT2D eigenvalue weighted by molar-refractivity contribution is 5.96. The summed E-state index contributed by atoms with van der Waals surface area (Å²) in [4.78, 5) is 14.6. The van der Waals surface area contributed by atoms with Gasteiger partial charge in [-0.05, 0) is 49.8 Å². The first kappa shape index (κ1) is 14.6. The van der Waals surface area contributed by atoms with E-state index in [9.17, 15) is 4.79 Å². The SMILES string of the molecule is CCNC1CCCC1CCN1CCc2ccccc2C1=O. The van der Waals surface area contributed by atoms with Gasteiger partial charge >= 0.3 is 0 Å². The van der Waals surface area contributed by atoms with E-state index in [4.69, 9.17) is 0 Å². The van der Waals surface area contributed by atoms with Crippen molar-refractivity contribution in [3.63, 3.8) is 0 Å². The fourth-order valence-electron chi connectivity index (χ4n) is 3.92. The van der Waals surface area contributed by atoms with E-state index in [-0.39, 0.29) is 5.91 Å². The molecule has 1 heterocycles. The van der Waals surface area contributed by atoms with Crippen LogP contribution < -0.4 is 5.32 Å². The average molecular weight is 286 g/mol. The summed E-state index contributed by atoms with van der Waals surface area (Å²) in [6.07, 6.45) is 6.10. The molecule has 2 aliphatic rings. The third kappa shape index (κ3) is 3.13. The van der Waals surface area contributed by atoms with Crippen molar-refractivity contribution in [2.24, 2.45) is 5.92 Å². The average Bonchev–Trinajstić information content (AvgIpc) is 2.95. The molecule has 1 amide bonds. The van der Waals surface area contributed by atoms with Crippen LogP contribution >= 0.6 is 0 Å². The number of carbonyl (C=O) groups excluding carboxylic acids is 1. The summed E-state index contributed by atoms with van der Waals surface area (Å²) >= 11 is 0. The van der Waals surface area contributed by atoms with Crippen molar-refractivity contribution in [2.75, 3.05) is 19.6 Å². The zero-order valence-corrected chi connectivity index (χ0v) is 13.0. The van der Waals surface area contributed by atoms with Gasteiger partial charge in [0.05, 0.1) is 0 Å². The number of carbonyl (C=O) groups is 1. The Morgan fingerprint density at radius 2 is 2.14 bits per heavy atom. The van der Waals surface area contributed by atoms with E-state index in [1.165, 1.54) is 24.8 Å². The van der Waals surface area contributed by atoms with Crippen molar-refractivity contribution in [1.29, 1.82) is 0 Å². The minimum absolute atomic E-state index is 0.231. The van der Waals surface area contributed by atoms with Crippen molar-refractivity contribution in [2.45, 2.75) is 45.1 Å². The maximum absolute atomic E-state index is 12.5. The third-order valence-corrected chi connectivity index (χ3v) is 5.08. The van der Waals surface area contributed by atoms with Crippen LogP contribution in [0.3, 0.4) is 0 Å². The number of nitrogens with one attached hydrogen (secondary N) is 1. The van der Waals surface area contributed by atoms with Crippen LogP contribution in [-0.4, -0.2) is 36.5 Å². The molecule has 1 N–H and O–H groups in total. The number of benzene rings is 1. The van der Waals surface area contributed by atoms with Gasteiger partial charge in [0.1, 0.15) is 0 Å². The molecule has 2 atom stereocenters. The lowest BCUT2D eigenvalue weighted by Crippen LogP contribution is -2.40. The molecule has 3 nitrogen and oxygen atoms in total. The molecule has 0 spiro atoms. The van der Waals surface area contributed by atoms with Crippen LogP contribution in [-0.2, 0) is 6.42 Å². The summed E-state index contributed by atoms with van der Waals surface area (Å²) in [5, 5.41) is 3.61. The number of hydrogen-bond donors (Lipinski definition) is 1. The van der Waals surface area contributed by atoms with Gasteiger partial charge in [-0.1, -0.05) is 31.5 Å². The molecule has 3 rings (SSSR count). The third-order valence-electron chi connectivity index (χ3n) is 5.08. The monoisotopic (exact) mass is 286 g/mol. The van der Waals surface area contributed by atoms with Gasteiger partial charge < -0.3 is 10.2 Å². The first-order valence-corrected chi connectivity index (χ1v) is 8.40. The van der Waals surface area contributed by atoms with Gasteiger partial charge in [-0.2, -0.15) is 0 Å². The molecule has 1 aromatic rings. The Balaban J connectivity index is 1.58. The number of fused-ring (bicyclic) bond motifs is 1. The van der Waals surface area contributed by atoms with Crippen LogP contribution in [0.25, 0.3) is 0 Å². The molecule has 1 saturated carbocycles. The van der Waals surface area contributed by atoms with Crippen LogP contribution in [0.5, 0.6) is 0 Å². The van der Waals surface area contributed by atoms with Gasteiger partial charge in [0, 0.05) is 24.7 Å². The fourth-order valence-corrected chi connectivity index (χ4v) is 3.92. The molecule has 0 radical (unpaired) electrons. The second-order valence-corrected chi connectivity index (χ2v) is 6.34. The summed E-state index contributed by atoms with van der Waals surface area (Å²) in [5.74, 6) is 0.977. The first-order valence-electron chi connectivity index (χ1n) is 8.40. The number of hydrogen-bond acceptors (Lipinski definition) is 2. The Morgan fingerprint density at radius 1 is 1.29 bits per heavy atom. The van der Waals surface area contributed by atoms with Crippen molar-refractivity contribution < 1.29 is 4.79 Å². The van der Waals surface area contributed by atoms with Crippen molar-refractivity contribution in [3.8, 4) is 0 Å². The molecule has 1 fully saturated rings. The van der Waals surface area contributed by atoms with Gasteiger partial charge in [-0.3, -0.25) is 4.79 Å². The normalized spacial score (nSPS) is 25.2. The second-order valence-electron chi connectivity index (χ2n) is 6.34. The summed E-state index contributed by atoms with van der Waals surface area (Å²) in [7, 11) is 0. The van der Waals surface area contributed by atoms with Crippen molar-refractivity contribution in [3.05, 3.63) is 35.4 Å². The maximum Gasteiger partial charge on any atom is 0.254 e. The highest BCUT2D eigenvalue weighted by Gasteiger charge is 2.29. The quantitative estimate of drug-likeness (QED) is 0.902. The Bertz CT molecular complexity index is 500. The highest BCUT2D eigenvalue weighted by atomic mass is 16.2. The number of nitrogens with zero attached hydrogens (tertiary/aromatic N) is 1. The first-order chi connectivity index (χ1) is 10.3. The van der Waals surface area contributed by atoms with Gasteiger partial charge in [0.25, 0.3) is 5.91 Å². The number of amides is 1. The molecule has 1 aliphatic carbocycles. The largest absolute Gasteiger partial charge is 0.338 e. The van der Waals surface area contributed by atoms with Crippen LogP contribution in [0.15, 0.2) is 24.3 Å². The van der Waals surface area contributed by atoms with Crippen LogP contribution in [0.1, 0.15) is 48.5 Å². The molecule has 21 heavy (non-hydrogen) atoms. The summed E-state index contributed by atoms with van der Waals surface area (Å²) in [6.45, 7) is 5.03. The molecule has 1 aromatic carbocycles. The summed E-state index contributed by atoms with van der Waals surface area (Å²) in [6, 6.07) is 8.73. The Labute approximate surface area is 127 Å². The van der Waals surface area contributed by atoms with Gasteiger partial charge in [0.2, 0.25) is 0 Å². The predicted octanol–water partition coefficient (Wildman–Crippen LogP) is 2.85. The molecule has 0 saturated heterocycles. The van der Waals surface area contributed by atoms with Gasteiger partial charge in [-0.25, -0.2) is 0 Å². The van der Waals surface area contributed by atoms with Crippen LogP contribution in [0.2, 0.25) is 0 Å². The zero-order valence-electron chi connectivity index (χ0n) is 13.0. The maximum atomic E-state index is 12.5. The standard InChI is InChI=1S/C18H26N2O/c1-2-19-17-9-5-7-15(17)11-13-20-12-10-14-6-3-4-8-16(14)18(20)21/h3-4,6,8,15,17,19H,2,5,7,9-13H2,1H3. The molecule has 114 valence electrons. The van der Waals surface area contributed by atoms with Gasteiger partial charge in [-0.15, -0.1) is 0 Å². The molecule has 3 heteroatoms. The zero-order chi connectivity index (χ0) is 14.7. The van der Waals surface area contributed by atoms with E-state index in [1.807, 2.05) is 18.2 Å². The van der Waals surface area contributed by atoms with Crippen LogP contribution in [0.4, 0.5) is 0 Å². The predicted molar refractivity (Wildman–Crippen MR) is 85.5 cm³/mol. The van der Waals surface area contributed by atoms with E-state index >= 15 is 0 Å². The lowest BCUT2D eigenvalue weighted by atomic mass is 9.96. The van der Waals surface area contributed by atoms with E-state index in [0.717, 1.165) is 44.0 Å². The van der Waals surface area contributed by atoms with E-state index in [0.29, 0.717) is 6.04 Å². The topological polar surface area (TPSA) is 32.3 Å². The molecular formula is C18H26N2O.